The van der Waals surface area contributed by atoms with E-state index in [1.165, 1.54) is 12.1 Å². The molecule has 0 spiro atoms. The molecule has 0 saturated heterocycles. The third-order valence-electron chi connectivity index (χ3n) is 2.34. The Morgan fingerprint density at radius 3 is 2.26 bits per heavy atom. The Morgan fingerprint density at radius 1 is 1.11 bits per heavy atom. The summed E-state index contributed by atoms with van der Waals surface area (Å²) in [5.74, 6) is 0.541. The summed E-state index contributed by atoms with van der Waals surface area (Å²) in [5.41, 5.74) is 5.97. The summed E-state index contributed by atoms with van der Waals surface area (Å²) in [5, 5.41) is 2.79. The summed E-state index contributed by atoms with van der Waals surface area (Å²) in [4.78, 5) is 8.01. The van der Waals surface area contributed by atoms with Crippen LogP contribution >= 0.6 is 0 Å². The van der Waals surface area contributed by atoms with Crippen LogP contribution in [0.5, 0.6) is 0 Å². The Balaban J connectivity index is 2.20. The predicted octanol–water partition coefficient (Wildman–Crippen LogP) is 3.13. The molecule has 7 heteroatoms. The van der Waals surface area contributed by atoms with Gasteiger partial charge in [0, 0.05) is 17.4 Å². The number of hydrogen-bond donors (Lipinski definition) is 2. The van der Waals surface area contributed by atoms with Gasteiger partial charge in [-0.3, -0.25) is 0 Å². The van der Waals surface area contributed by atoms with Crippen molar-refractivity contribution in [2.45, 2.75) is 13.1 Å². The molecular formula is C12H11F3N4. The van der Waals surface area contributed by atoms with Crippen LogP contribution in [0.3, 0.4) is 0 Å². The van der Waals surface area contributed by atoms with Gasteiger partial charge in [0.2, 0.25) is 5.95 Å². The van der Waals surface area contributed by atoms with Crippen LogP contribution in [0.1, 0.15) is 11.3 Å². The van der Waals surface area contributed by atoms with Gasteiger partial charge in [-0.25, -0.2) is 4.98 Å². The van der Waals surface area contributed by atoms with Gasteiger partial charge in [0.05, 0.1) is 5.56 Å². The fourth-order valence-corrected chi connectivity index (χ4v) is 1.52. The minimum Gasteiger partial charge on any atom is -0.384 e. The van der Waals surface area contributed by atoms with Gasteiger partial charge in [0.1, 0.15) is 5.82 Å². The van der Waals surface area contributed by atoms with Gasteiger partial charge >= 0.3 is 6.18 Å². The summed E-state index contributed by atoms with van der Waals surface area (Å²) < 4.78 is 37.2. The Morgan fingerprint density at radius 2 is 1.74 bits per heavy atom. The lowest BCUT2D eigenvalue weighted by Gasteiger charge is -2.09. The van der Waals surface area contributed by atoms with Crippen LogP contribution in [0.4, 0.5) is 30.6 Å². The van der Waals surface area contributed by atoms with E-state index >= 15 is 0 Å². The molecule has 0 bridgehead atoms. The second kappa shape index (κ2) is 4.75. The zero-order valence-corrected chi connectivity index (χ0v) is 9.99. The SMILES string of the molecule is Cc1cc(N)nc(Nc2ccc(C(F)(F)F)cc2)n1. The number of nitrogens with one attached hydrogen (secondary N) is 1. The molecule has 0 aliphatic heterocycles. The molecule has 2 aromatic rings. The predicted molar refractivity (Wildman–Crippen MR) is 65.9 cm³/mol. The van der Waals surface area contributed by atoms with E-state index in [1.807, 2.05) is 0 Å². The lowest BCUT2D eigenvalue weighted by atomic mass is 10.2. The molecule has 1 heterocycles. The Hall–Kier alpha value is -2.31. The van der Waals surface area contributed by atoms with E-state index < -0.39 is 11.7 Å². The van der Waals surface area contributed by atoms with E-state index in [-0.39, 0.29) is 5.95 Å². The van der Waals surface area contributed by atoms with Crippen molar-refractivity contribution in [3.05, 3.63) is 41.6 Å². The van der Waals surface area contributed by atoms with Crippen LogP contribution in [0.25, 0.3) is 0 Å². The maximum absolute atomic E-state index is 12.4. The molecule has 1 aromatic heterocycles. The van der Waals surface area contributed by atoms with Gasteiger partial charge in [-0.15, -0.1) is 0 Å². The maximum Gasteiger partial charge on any atom is 0.416 e. The van der Waals surface area contributed by atoms with E-state index in [0.717, 1.165) is 12.1 Å². The van der Waals surface area contributed by atoms with E-state index in [4.69, 9.17) is 5.73 Å². The van der Waals surface area contributed by atoms with Crippen molar-refractivity contribution in [3.8, 4) is 0 Å². The third-order valence-corrected chi connectivity index (χ3v) is 2.34. The smallest absolute Gasteiger partial charge is 0.384 e. The Kier molecular flexibility index (Phi) is 3.28. The monoisotopic (exact) mass is 268 g/mol. The summed E-state index contributed by atoms with van der Waals surface area (Å²) >= 11 is 0. The number of aryl methyl sites for hydroxylation is 1. The molecule has 0 aliphatic rings. The van der Waals surface area contributed by atoms with E-state index in [9.17, 15) is 13.2 Å². The first-order valence-corrected chi connectivity index (χ1v) is 5.40. The fraction of sp³-hybridized carbons (Fsp3) is 0.167. The lowest BCUT2D eigenvalue weighted by Crippen LogP contribution is -2.05. The number of benzene rings is 1. The highest BCUT2D eigenvalue weighted by Crippen LogP contribution is 2.30. The minimum atomic E-state index is -4.34. The molecule has 0 atom stereocenters. The van der Waals surface area contributed by atoms with Gasteiger partial charge in [-0.1, -0.05) is 0 Å². The van der Waals surface area contributed by atoms with Crippen molar-refractivity contribution in [1.82, 2.24) is 9.97 Å². The van der Waals surface area contributed by atoms with Crippen LogP contribution in [-0.4, -0.2) is 9.97 Å². The second-order valence-corrected chi connectivity index (χ2v) is 3.96. The number of anilines is 3. The number of aromatic nitrogens is 2. The van der Waals surface area contributed by atoms with E-state index in [1.54, 1.807) is 13.0 Å². The van der Waals surface area contributed by atoms with Gasteiger partial charge in [-0.2, -0.15) is 18.2 Å². The van der Waals surface area contributed by atoms with Crippen LogP contribution in [0, 0.1) is 6.92 Å². The van der Waals surface area contributed by atoms with Crippen molar-refractivity contribution < 1.29 is 13.2 Å². The number of nitrogens with zero attached hydrogens (tertiary/aromatic N) is 2. The second-order valence-electron chi connectivity index (χ2n) is 3.96. The van der Waals surface area contributed by atoms with Crippen molar-refractivity contribution >= 4 is 17.5 Å². The van der Waals surface area contributed by atoms with Gasteiger partial charge < -0.3 is 11.1 Å². The van der Waals surface area contributed by atoms with Crippen molar-refractivity contribution in [1.29, 1.82) is 0 Å². The molecule has 0 unspecified atom stereocenters. The standard InChI is InChI=1S/C12H11F3N4/c1-7-6-10(16)19-11(17-7)18-9-4-2-8(3-5-9)12(13,14)15/h2-6H,1H3,(H3,16,17,18,19). The topological polar surface area (TPSA) is 63.8 Å². The molecule has 2 rings (SSSR count). The third kappa shape index (κ3) is 3.34. The lowest BCUT2D eigenvalue weighted by molar-refractivity contribution is -0.137. The molecule has 19 heavy (non-hydrogen) atoms. The highest BCUT2D eigenvalue weighted by molar-refractivity contribution is 5.55. The van der Waals surface area contributed by atoms with Gasteiger partial charge in [0.15, 0.2) is 0 Å². The van der Waals surface area contributed by atoms with Crippen LogP contribution in [0.15, 0.2) is 30.3 Å². The van der Waals surface area contributed by atoms with Crippen LogP contribution < -0.4 is 11.1 Å². The van der Waals surface area contributed by atoms with Crippen LogP contribution in [-0.2, 0) is 6.18 Å². The summed E-state index contributed by atoms with van der Waals surface area (Å²) in [6, 6.07) is 6.19. The highest BCUT2D eigenvalue weighted by Gasteiger charge is 2.29. The minimum absolute atomic E-state index is 0.247. The zero-order chi connectivity index (χ0) is 14.0. The molecule has 0 saturated carbocycles. The van der Waals surface area contributed by atoms with E-state index in [2.05, 4.69) is 15.3 Å². The van der Waals surface area contributed by atoms with Gasteiger partial charge in [-0.05, 0) is 31.2 Å². The quantitative estimate of drug-likeness (QED) is 0.878. The average molecular weight is 268 g/mol. The highest BCUT2D eigenvalue weighted by atomic mass is 19.4. The first-order valence-electron chi connectivity index (χ1n) is 5.40. The van der Waals surface area contributed by atoms with Crippen LogP contribution in [0.2, 0.25) is 0 Å². The van der Waals surface area contributed by atoms with E-state index in [0.29, 0.717) is 17.2 Å². The van der Waals surface area contributed by atoms with Crippen molar-refractivity contribution in [2.24, 2.45) is 0 Å². The van der Waals surface area contributed by atoms with Crippen molar-refractivity contribution in [3.63, 3.8) is 0 Å². The molecule has 0 fully saturated rings. The van der Waals surface area contributed by atoms with Gasteiger partial charge in [0.25, 0.3) is 0 Å². The molecule has 100 valence electrons. The molecule has 0 aliphatic carbocycles. The molecule has 1 aromatic carbocycles. The number of nitrogens with two attached hydrogens (primary N) is 1. The van der Waals surface area contributed by atoms with Crippen molar-refractivity contribution in [2.75, 3.05) is 11.1 Å². The zero-order valence-electron chi connectivity index (χ0n) is 9.99. The Bertz CT molecular complexity index is 558. The molecule has 0 amide bonds. The molecule has 0 radical (unpaired) electrons. The molecule has 4 nitrogen and oxygen atoms in total. The first kappa shape index (κ1) is 13.1. The normalized spacial score (nSPS) is 11.4. The summed E-state index contributed by atoms with van der Waals surface area (Å²) in [7, 11) is 0. The summed E-state index contributed by atoms with van der Waals surface area (Å²) in [6.45, 7) is 1.75. The number of alkyl halides is 3. The molecule has 3 N–H and O–H groups in total. The fourth-order valence-electron chi connectivity index (χ4n) is 1.52. The number of hydrogen-bond acceptors (Lipinski definition) is 4. The Labute approximate surface area is 107 Å². The first-order chi connectivity index (χ1) is 8.84. The summed E-state index contributed by atoms with van der Waals surface area (Å²) in [6.07, 6.45) is -4.34. The maximum atomic E-state index is 12.4. The number of rotatable bonds is 2. The number of halogens is 3. The number of nitrogen functional groups attached to an aromatic ring is 1. The largest absolute Gasteiger partial charge is 0.416 e. The average Bonchev–Trinajstić information content (AvgIpc) is 2.26. The molecular weight excluding hydrogens is 257 g/mol.